The van der Waals surface area contributed by atoms with Gasteiger partial charge in [0.2, 0.25) is 5.95 Å². The van der Waals surface area contributed by atoms with Gasteiger partial charge in [-0.3, -0.25) is 18.5 Å². The van der Waals surface area contributed by atoms with Crippen LogP contribution in [0.5, 0.6) is 0 Å². The monoisotopic (exact) mass is 507 g/mol. The molecule has 1 atom stereocenters. The van der Waals surface area contributed by atoms with Crippen LogP contribution >= 0.6 is 0 Å². The van der Waals surface area contributed by atoms with Gasteiger partial charge in [-0.1, -0.05) is 36.3 Å². The normalized spacial score (nSPS) is 17.4. The van der Waals surface area contributed by atoms with Gasteiger partial charge in [-0.05, 0) is 55.0 Å². The summed E-state index contributed by atoms with van der Waals surface area (Å²) >= 11 is 0. The van der Waals surface area contributed by atoms with Crippen LogP contribution in [0.1, 0.15) is 49.8 Å². The minimum atomic E-state index is -0.381. The van der Waals surface area contributed by atoms with Crippen molar-refractivity contribution in [2.75, 3.05) is 18.0 Å². The SMILES string of the molecule is CC#CCn1c(N2CCCC(N)C2)nc2c1c(=O)n(Cc1ccc(C#N)c3ccccc13)c(=O)n2C1CC1. The van der Waals surface area contributed by atoms with Crippen molar-refractivity contribution >= 4 is 27.9 Å². The molecule has 38 heavy (non-hydrogen) atoms. The van der Waals surface area contributed by atoms with Gasteiger partial charge in [-0.25, -0.2) is 4.79 Å². The standard InChI is InChI=1S/C29H29N7O2/c1-2-3-15-34-25-26(32-28(34)33-14-6-7-21(31)18-33)36(22-12-13-22)29(38)35(27(25)37)17-20-11-10-19(16-30)23-8-4-5-9-24(20)23/h4-5,8-11,21-22H,6-7,12-15,17-18,31H2,1H3. The number of nitrogens with zero attached hydrogens (tertiary/aromatic N) is 6. The van der Waals surface area contributed by atoms with Crippen molar-refractivity contribution in [3.8, 4) is 17.9 Å². The largest absolute Gasteiger partial charge is 0.341 e. The summed E-state index contributed by atoms with van der Waals surface area (Å²) in [7, 11) is 0. The van der Waals surface area contributed by atoms with Gasteiger partial charge in [-0.15, -0.1) is 5.92 Å². The highest BCUT2D eigenvalue weighted by Gasteiger charge is 2.33. The molecule has 1 unspecified atom stereocenters. The first-order valence-corrected chi connectivity index (χ1v) is 13.1. The molecule has 2 fully saturated rings. The van der Waals surface area contributed by atoms with Gasteiger partial charge in [-0.2, -0.15) is 10.2 Å². The van der Waals surface area contributed by atoms with Crippen molar-refractivity contribution in [2.24, 2.45) is 5.73 Å². The lowest BCUT2D eigenvalue weighted by molar-refractivity contribution is 0.496. The third-order valence-electron chi connectivity index (χ3n) is 7.57. The molecule has 3 heterocycles. The Kier molecular flexibility index (Phi) is 6.01. The van der Waals surface area contributed by atoms with Gasteiger partial charge in [0.25, 0.3) is 5.56 Å². The predicted octanol–water partition coefficient (Wildman–Crippen LogP) is 2.72. The highest BCUT2D eigenvalue weighted by atomic mass is 16.2. The van der Waals surface area contributed by atoms with Crippen molar-refractivity contribution in [3.63, 3.8) is 0 Å². The van der Waals surface area contributed by atoms with Crippen molar-refractivity contribution in [2.45, 2.75) is 57.8 Å². The summed E-state index contributed by atoms with van der Waals surface area (Å²) in [5.41, 5.74) is 7.73. The maximum Gasteiger partial charge on any atom is 0.333 e. The van der Waals surface area contributed by atoms with E-state index in [2.05, 4.69) is 22.8 Å². The van der Waals surface area contributed by atoms with E-state index >= 15 is 0 Å². The lowest BCUT2D eigenvalue weighted by atomic mass is 10.00. The number of fused-ring (bicyclic) bond motifs is 2. The van der Waals surface area contributed by atoms with Crippen LogP contribution in [0.3, 0.4) is 0 Å². The molecule has 2 N–H and O–H groups in total. The average molecular weight is 508 g/mol. The summed E-state index contributed by atoms with van der Waals surface area (Å²) in [5.74, 6) is 6.67. The first kappa shape index (κ1) is 24.0. The molecule has 4 aromatic rings. The second-order valence-electron chi connectivity index (χ2n) is 10.1. The smallest absolute Gasteiger partial charge is 0.333 e. The quantitative estimate of drug-likeness (QED) is 0.416. The Balaban J connectivity index is 1.59. The van der Waals surface area contributed by atoms with E-state index in [1.54, 1.807) is 17.6 Å². The number of piperidine rings is 1. The van der Waals surface area contributed by atoms with Gasteiger partial charge in [0.15, 0.2) is 11.2 Å². The Bertz CT molecular complexity index is 1790. The number of nitriles is 1. The first-order valence-electron chi connectivity index (χ1n) is 13.1. The van der Waals surface area contributed by atoms with E-state index in [1.807, 2.05) is 34.9 Å². The summed E-state index contributed by atoms with van der Waals surface area (Å²) in [4.78, 5) is 35.0. The highest BCUT2D eigenvalue weighted by molar-refractivity contribution is 5.90. The van der Waals surface area contributed by atoms with Crippen molar-refractivity contribution in [1.29, 1.82) is 5.26 Å². The number of rotatable bonds is 5. The molecule has 2 aromatic heterocycles. The van der Waals surface area contributed by atoms with Gasteiger partial charge >= 0.3 is 5.69 Å². The molecule has 9 heteroatoms. The number of hydrogen-bond donors (Lipinski definition) is 1. The first-order chi connectivity index (χ1) is 18.5. The summed E-state index contributed by atoms with van der Waals surface area (Å²) in [5, 5.41) is 11.2. The van der Waals surface area contributed by atoms with E-state index in [9.17, 15) is 14.9 Å². The average Bonchev–Trinajstić information content (AvgIpc) is 3.69. The molecule has 0 radical (unpaired) electrons. The van der Waals surface area contributed by atoms with E-state index in [-0.39, 0.29) is 29.9 Å². The summed E-state index contributed by atoms with van der Waals surface area (Å²) < 4.78 is 4.88. The zero-order valence-electron chi connectivity index (χ0n) is 21.4. The third kappa shape index (κ3) is 3.96. The van der Waals surface area contributed by atoms with Crippen LogP contribution < -0.4 is 21.9 Å². The number of benzene rings is 2. The van der Waals surface area contributed by atoms with Crippen molar-refractivity contribution in [3.05, 3.63) is 68.4 Å². The fourth-order valence-corrected chi connectivity index (χ4v) is 5.55. The van der Waals surface area contributed by atoms with Crippen LogP contribution in [0, 0.1) is 23.2 Å². The van der Waals surface area contributed by atoms with Gasteiger partial charge < -0.3 is 10.6 Å². The third-order valence-corrected chi connectivity index (χ3v) is 7.57. The molecule has 192 valence electrons. The lowest BCUT2D eigenvalue weighted by Gasteiger charge is -2.31. The second kappa shape index (κ2) is 9.51. The van der Waals surface area contributed by atoms with E-state index in [4.69, 9.17) is 10.7 Å². The number of anilines is 1. The molecule has 1 saturated heterocycles. The Morgan fingerprint density at radius 3 is 2.58 bits per heavy atom. The van der Waals surface area contributed by atoms with Crippen LogP contribution in [-0.2, 0) is 13.1 Å². The maximum atomic E-state index is 14.1. The molecule has 2 aromatic carbocycles. The van der Waals surface area contributed by atoms with Crippen molar-refractivity contribution < 1.29 is 0 Å². The molecule has 1 saturated carbocycles. The Morgan fingerprint density at radius 1 is 1.08 bits per heavy atom. The van der Waals surface area contributed by atoms with Gasteiger partial charge in [0.1, 0.15) is 0 Å². The fourth-order valence-electron chi connectivity index (χ4n) is 5.55. The van der Waals surface area contributed by atoms with Crippen LogP contribution in [0.15, 0.2) is 46.0 Å². The number of imidazole rings is 1. The molecular weight excluding hydrogens is 478 g/mol. The zero-order valence-corrected chi connectivity index (χ0v) is 21.4. The minimum Gasteiger partial charge on any atom is -0.341 e. The Hall–Kier alpha value is -4.34. The minimum absolute atomic E-state index is 0.0200. The molecule has 1 aliphatic carbocycles. The van der Waals surface area contributed by atoms with E-state index < -0.39 is 0 Å². The number of aromatic nitrogens is 4. The van der Waals surface area contributed by atoms with Crippen LogP contribution in [0.2, 0.25) is 0 Å². The number of hydrogen-bond acceptors (Lipinski definition) is 6. The van der Waals surface area contributed by atoms with Gasteiger partial charge in [0.05, 0.1) is 24.7 Å². The number of nitrogens with two attached hydrogens (primary N) is 1. The predicted molar refractivity (Wildman–Crippen MR) is 147 cm³/mol. The topological polar surface area (TPSA) is 115 Å². The fraction of sp³-hybridized carbons (Fsp3) is 0.379. The molecule has 0 bridgehead atoms. The molecule has 0 amide bonds. The van der Waals surface area contributed by atoms with Crippen LogP contribution in [-0.4, -0.2) is 37.8 Å². The molecular formula is C29H29N7O2. The second-order valence-corrected chi connectivity index (χ2v) is 10.1. The van der Waals surface area contributed by atoms with E-state index in [1.165, 1.54) is 4.57 Å². The summed E-state index contributed by atoms with van der Waals surface area (Å²) in [6, 6.07) is 13.5. The molecule has 0 spiro atoms. The van der Waals surface area contributed by atoms with E-state index in [0.717, 1.165) is 48.6 Å². The Morgan fingerprint density at radius 2 is 1.87 bits per heavy atom. The zero-order chi connectivity index (χ0) is 26.4. The van der Waals surface area contributed by atoms with Gasteiger partial charge in [0, 0.05) is 25.2 Å². The molecule has 2 aliphatic rings. The summed E-state index contributed by atoms with van der Waals surface area (Å²) in [6.07, 6.45) is 3.63. The lowest BCUT2D eigenvalue weighted by Crippen LogP contribution is -2.44. The molecule has 1 aliphatic heterocycles. The van der Waals surface area contributed by atoms with Crippen LogP contribution in [0.4, 0.5) is 5.95 Å². The Labute approximate surface area is 219 Å². The van der Waals surface area contributed by atoms with Crippen LogP contribution in [0.25, 0.3) is 21.9 Å². The summed E-state index contributed by atoms with van der Waals surface area (Å²) in [6.45, 7) is 3.59. The van der Waals surface area contributed by atoms with E-state index in [0.29, 0.717) is 35.8 Å². The highest BCUT2D eigenvalue weighted by Crippen LogP contribution is 2.36. The molecule has 6 rings (SSSR count). The van der Waals surface area contributed by atoms with Crippen molar-refractivity contribution in [1.82, 2.24) is 18.7 Å². The molecule has 9 nitrogen and oxygen atoms in total. The maximum absolute atomic E-state index is 14.1.